The van der Waals surface area contributed by atoms with Gasteiger partial charge in [0.05, 0.1) is 47.9 Å². The number of anilines is 1. The van der Waals surface area contributed by atoms with Crippen LogP contribution in [0.1, 0.15) is 102 Å². The largest absolute Gasteiger partial charge is 0.393 e. The second-order valence-electron chi connectivity index (χ2n) is 18.0. The summed E-state index contributed by atoms with van der Waals surface area (Å²) in [4.78, 5) is 69.0. The number of rotatable bonds is 17. The molecule has 1 atom stereocenters. The Morgan fingerprint density at radius 2 is 1.59 bits per heavy atom. The van der Waals surface area contributed by atoms with Gasteiger partial charge in [0.25, 0.3) is 11.8 Å². The molecule has 15 nitrogen and oxygen atoms in total. The zero-order valence-corrected chi connectivity index (χ0v) is 38.9. The minimum Gasteiger partial charge on any atom is -0.393 e. The van der Waals surface area contributed by atoms with Crippen LogP contribution in [0.25, 0.3) is 33.4 Å². The van der Waals surface area contributed by atoms with Crippen molar-refractivity contribution in [2.75, 3.05) is 31.6 Å². The number of aliphatic hydroxyl groups is 1. The van der Waals surface area contributed by atoms with E-state index >= 15 is 0 Å². The summed E-state index contributed by atoms with van der Waals surface area (Å²) in [6.45, 7) is 1.83. The number of unbranched alkanes of at least 4 members (excludes halogenated alkanes) is 2. The van der Waals surface area contributed by atoms with Gasteiger partial charge in [0, 0.05) is 61.8 Å². The minimum absolute atomic E-state index is 0.0467. The van der Waals surface area contributed by atoms with Crippen molar-refractivity contribution in [1.82, 2.24) is 29.7 Å². The number of benzene rings is 4. The van der Waals surface area contributed by atoms with E-state index in [9.17, 15) is 34.5 Å². The maximum absolute atomic E-state index is 13.3. The van der Waals surface area contributed by atoms with Crippen molar-refractivity contribution in [3.05, 3.63) is 137 Å². The highest BCUT2D eigenvalue weighted by Gasteiger charge is 2.45. The smallest absolute Gasteiger partial charge is 0.264 e. The standard InChI is InChI=1S/C55H56N8O7/c56-51-49-47(38-16-6-3-7-17-38)50(39-18-8-4-9-19-39)61(52(49)59-35-62(51)40-22-24-41(64)25-23-40)34-37-15-11-14-36(33-37)13-5-1-2-10-29-58-45(65)28-31-70-32-30-57-43-21-12-20-42-48(43)55(69)63(54(42)68)44-26-27-46(66)60-53(44)67/h3-4,6-9,11-12,14-21,33,35,40-41,44,56-57,64H,1-2,10,22-32,34H2,(H,58,65)(H,60,66,67). The molecule has 5 N–H and O–H groups in total. The number of nitrogens with one attached hydrogen (secondary N) is 4. The van der Waals surface area contributed by atoms with Gasteiger partial charge in [-0.3, -0.25) is 39.6 Å². The fourth-order valence-electron chi connectivity index (χ4n) is 9.75. The molecule has 3 aliphatic rings. The number of nitrogens with zero attached hydrogens (tertiary/aromatic N) is 4. The lowest BCUT2D eigenvalue weighted by Crippen LogP contribution is -2.54. The van der Waals surface area contributed by atoms with Gasteiger partial charge in [-0.2, -0.15) is 0 Å². The van der Waals surface area contributed by atoms with Crippen molar-refractivity contribution in [3.63, 3.8) is 0 Å². The van der Waals surface area contributed by atoms with E-state index in [2.05, 4.69) is 68.8 Å². The van der Waals surface area contributed by atoms with Gasteiger partial charge in [-0.25, -0.2) is 4.98 Å². The van der Waals surface area contributed by atoms with Crippen LogP contribution < -0.4 is 21.4 Å². The molecule has 6 aromatic rings. The van der Waals surface area contributed by atoms with Crippen molar-refractivity contribution in [1.29, 1.82) is 5.41 Å². The van der Waals surface area contributed by atoms with Crippen LogP contribution in [0, 0.1) is 17.3 Å². The number of carbonyl (C=O) groups is 5. The highest BCUT2D eigenvalue weighted by molar-refractivity contribution is 6.25. The lowest BCUT2D eigenvalue weighted by atomic mass is 9.93. The SMILES string of the molecule is N=c1c2c(-c3ccccc3)c(-c3ccccc3)n(Cc3cccc(C#CCCCCNC(=O)CCOCCNc4cccc5c4C(=O)N(C4CCC(=O)NC4=O)C5=O)c3)c2ncn1C1CCC(O)CC1. The number of imide groups is 2. The van der Waals surface area contributed by atoms with Crippen LogP contribution in [0.15, 0.2) is 109 Å². The number of fused-ring (bicyclic) bond motifs is 2. The van der Waals surface area contributed by atoms with Crippen molar-refractivity contribution in [3.8, 4) is 34.2 Å². The maximum Gasteiger partial charge on any atom is 0.264 e. The van der Waals surface area contributed by atoms with Gasteiger partial charge in [-0.15, -0.1) is 0 Å². The third-order valence-electron chi connectivity index (χ3n) is 13.3. The molecule has 2 aliphatic heterocycles. The zero-order valence-electron chi connectivity index (χ0n) is 38.9. The molecule has 70 heavy (non-hydrogen) atoms. The Balaban J connectivity index is 0.758. The molecule has 0 radical (unpaired) electrons. The summed E-state index contributed by atoms with van der Waals surface area (Å²) in [6.07, 6.45) is 7.14. The number of aromatic nitrogens is 3. The second-order valence-corrected chi connectivity index (χ2v) is 18.0. The maximum atomic E-state index is 13.3. The molecule has 2 aromatic heterocycles. The average molecular weight is 941 g/mol. The summed E-state index contributed by atoms with van der Waals surface area (Å²) in [5, 5.41) is 29.0. The van der Waals surface area contributed by atoms with E-state index in [1.54, 1.807) is 18.2 Å². The molecular formula is C55H56N8O7. The molecule has 0 bridgehead atoms. The van der Waals surface area contributed by atoms with E-state index in [1.165, 1.54) is 0 Å². The number of hydrogen-bond acceptors (Lipinski definition) is 10. The van der Waals surface area contributed by atoms with E-state index in [-0.39, 0.29) is 61.7 Å². The molecule has 1 unspecified atom stereocenters. The molecule has 1 aliphatic carbocycles. The van der Waals surface area contributed by atoms with E-state index in [0.717, 1.165) is 75.1 Å². The fourth-order valence-corrected chi connectivity index (χ4v) is 9.75. The number of carbonyl (C=O) groups excluding carboxylic acids is 5. The summed E-state index contributed by atoms with van der Waals surface area (Å²) < 4.78 is 9.90. The van der Waals surface area contributed by atoms with Crippen LogP contribution in [0.3, 0.4) is 0 Å². The number of amides is 5. The van der Waals surface area contributed by atoms with Crippen molar-refractivity contribution in [2.24, 2.45) is 0 Å². The zero-order chi connectivity index (χ0) is 48.6. The highest BCUT2D eigenvalue weighted by Crippen LogP contribution is 2.40. The molecule has 15 heteroatoms. The molecule has 2 fully saturated rings. The van der Waals surface area contributed by atoms with Gasteiger partial charge in [-0.1, -0.05) is 90.7 Å². The topological polar surface area (TPSA) is 201 Å². The van der Waals surface area contributed by atoms with Crippen LogP contribution >= 0.6 is 0 Å². The Morgan fingerprint density at radius 1 is 0.829 bits per heavy atom. The van der Waals surface area contributed by atoms with Crippen molar-refractivity contribution < 1.29 is 33.8 Å². The van der Waals surface area contributed by atoms with Gasteiger partial charge >= 0.3 is 0 Å². The monoisotopic (exact) mass is 940 g/mol. The molecule has 0 spiro atoms. The van der Waals surface area contributed by atoms with Crippen LogP contribution in [-0.2, 0) is 25.7 Å². The van der Waals surface area contributed by atoms with Crippen LogP contribution in [0.5, 0.6) is 0 Å². The minimum atomic E-state index is -1.04. The van der Waals surface area contributed by atoms with E-state index in [4.69, 9.17) is 9.72 Å². The van der Waals surface area contributed by atoms with Gasteiger partial charge in [-0.05, 0) is 85.9 Å². The Hall–Kier alpha value is -7.67. The van der Waals surface area contributed by atoms with Gasteiger partial charge in [0.1, 0.15) is 17.2 Å². The molecule has 5 amide bonds. The Bertz CT molecular complexity index is 3060. The lowest BCUT2D eigenvalue weighted by molar-refractivity contribution is -0.136. The van der Waals surface area contributed by atoms with Gasteiger partial charge < -0.3 is 29.6 Å². The third-order valence-corrected chi connectivity index (χ3v) is 13.3. The number of aliphatic hydroxyl groups excluding tert-OH is 1. The predicted molar refractivity (Wildman–Crippen MR) is 264 cm³/mol. The Morgan fingerprint density at radius 3 is 2.36 bits per heavy atom. The van der Waals surface area contributed by atoms with Gasteiger partial charge in [0.15, 0.2) is 0 Å². The molecule has 1 saturated carbocycles. The molecule has 358 valence electrons. The fraction of sp³-hybridized carbons (Fsp3) is 0.327. The predicted octanol–water partition coefficient (Wildman–Crippen LogP) is 6.73. The third kappa shape index (κ3) is 10.3. The lowest BCUT2D eigenvalue weighted by Gasteiger charge is -2.27. The number of ether oxygens (including phenoxy) is 1. The second kappa shape index (κ2) is 21.7. The van der Waals surface area contributed by atoms with E-state index < -0.39 is 29.7 Å². The summed E-state index contributed by atoms with van der Waals surface area (Å²) >= 11 is 0. The summed E-state index contributed by atoms with van der Waals surface area (Å²) in [5.41, 5.74) is 7.98. The summed E-state index contributed by atoms with van der Waals surface area (Å²) in [7, 11) is 0. The highest BCUT2D eigenvalue weighted by atomic mass is 16.5. The quantitative estimate of drug-likeness (QED) is 0.0374. The van der Waals surface area contributed by atoms with Crippen molar-refractivity contribution in [2.45, 2.75) is 88.9 Å². The first-order valence-corrected chi connectivity index (χ1v) is 24.1. The van der Waals surface area contributed by atoms with Crippen LogP contribution in [-0.4, -0.2) is 92.1 Å². The molecule has 4 aromatic carbocycles. The average Bonchev–Trinajstić information content (AvgIpc) is 3.83. The first kappa shape index (κ1) is 47.4. The van der Waals surface area contributed by atoms with Crippen molar-refractivity contribution >= 4 is 46.3 Å². The van der Waals surface area contributed by atoms with E-state index in [0.29, 0.717) is 50.1 Å². The molecule has 4 heterocycles. The number of piperidine rings is 1. The first-order chi connectivity index (χ1) is 34.2. The van der Waals surface area contributed by atoms with E-state index in [1.807, 2.05) is 59.4 Å². The molecule has 9 rings (SSSR count). The Labute approximate surface area is 405 Å². The number of hydrogen-bond donors (Lipinski definition) is 5. The van der Waals surface area contributed by atoms with Gasteiger partial charge in [0.2, 0.25) is 17.7 Å². The summed E-state index contributed by atoms with van der Waals surface area (Å²) in [6, 6.07) is 32.7. The van der Waals surface area contributed by atoms with Crippen LogP contribution in [0.4, 0.5) is 5.69 Å². The first-order valence-electron chi connectivity index (χ1n) is 24.1. The normalized spacial score (nSPS) is 17.8. The Kier molecular flexibility index (Phi) is 14.7. The van der Waals surface area contributed by atoms with Crippen LogP contribution in [0.2, 0.25) is 0 Å². The summed E-state index contributed by atoms with van der Waals surface area (Å²) in [5.74, 6) is 4.29. The molecule has 1 saturated heterocycles. The molecular weight excluding hydrogens is 885 g/mol.